The minimum absolute atomic E-state index is 0. The first-order valence-corrected chi connectivity index (χ1v) is 15.7. The molecule has 0 radical (unpaired) electrons. The van der Waals surface area contributed by atoms with E-state index in [2.05, 4.69) is 20.8 Å². The summed E-state index contributed by atoms with van der Waals surface area (Å²) < 4.78 is 9.88. The van der Waals surface area contributed by atoms with Gasteiger partial charge in [-0.15, -0.1) is 22.1 Å². The predicted octanol–water partition coefficient (Wildman–Crippen LogP) is 6.89. The number of rotatable bonds is 9. The van der Waals surface area contributed by atoms with Gasteiger partial charge in [0.05, 0.1) is 37.0 Å². The summed E-state index contributed by atoms with van der Waals surface area (Å²) in [6, 6.07) is 5.93. The van der Waals surface area contributed by atoms with Crippen LogP contribution in [0.2, 0.25) is 0 Å². The molecule has 5 heterocycles. The Bertz CT molecular complexity index is 2000. The number of fused-ring (bicyclic) bond motifs is 8. The van der Waals surface area contributed by atoms with E-state index in [0.717, 1.165) is 86.1 Å². The van der Waals surface area contributed by atoms with Crippen molar-refractivity contribution in [2.24, 2.45) is 0 Å². The second kappa shape index (κ2) is 14.6. The number of aromatic nitrogens is 4. The van der Waals surface area contributed by atoms with Crippen molar-refractivity contribution in [3.8, 4) is 0 Å². The van der Waals surface area contributed by atoms with Crippen LogP contribution in [0.25, 0.3) is 44.4 Å². The Balaban J connectivity index is 0.00000500. The maximum atomic E-state index is 12.9. The van der Waals surface area contributed by atoms with E-state index in [4.69, 9.17) is 29.4 Å². The third-order valence-electron chi connectivity index (χ3n) is 9.24. The molecule has 0 amide bonds. The molecule has 9 nitrogen and oxygen atoms in total. The molecule has 47 heavy (non-hydrogen) atoms. The van der Waals surface area contributed by atoms with Gasteiger partial charge in [0.2, 0.25) is 0 Å². The molecule has 0 aliphatic carbocycles. The number of nitrogens with zero attached hydrogens (tertiary/aromatic N) is 4. The Morgan fingerprint density at radius 1 is 0.723 bits per heavy atom. The monoisotopic (exact) mass is 678 g/mol. The number of hydrogen-bond acceptors (Lipinski definition) is 7. The summed E-state index contributed by atoms with van der Waals surface area (Å²) in [5.74, 6) is -0.650. The summed E-state index contributed by atoms with van der Waals surface area (Å²) in [5, 5.41) is 0. The van der Waals surface area contributed by atoms with Crippen LogP contribution in [0.1, 0.15) is 109 Å². The molecule has 10 heteroatoms. The molecule has 8 bridgehead atoms. The Morgan fingerprint density at radius 2 is 1.32 bits per heavy atom. The maximum Gasteiger partial charge on any atom is 2.00 e. The molecule has 0 N–H and O–H groups in total. The Kier molecular flexibility index (Phi) is 11.1. The summed E-state index contributed by atoms with van der Waals surface area (Å²) in [7, 11) is 2.74. The number of carbonyl (C=O) groups excluding carboxylic acids is 3. The number of methoxy groups -OCH3 is 2. The first kappa shape index (κ1) is 35.6. The SMILES string of the molecule is CCC1=C(C)c2cc3[n-]c(c(C)c3CC)c(C=O)c3nc(cc4[n-]c(cc1n2)c(C)c4CCC(=O)OC)C(CCC(=O)OC)=C3C.[Ni+2]. The van der Waals surface area contributed by atoms with Gasteiger partial charge in [0.1, 0.15) is 0 Å². The number of ether oxygens (including phenoxy) is 2. The summed E-state index contributed by atoms with van der Waals surface area (Å²) in [5.41, 5.74) is 13.7. The molecule has 0 saturated carbocycles. The summed E-state index contributed by atoms with van der Waals surface area (Å²) >= 11 is 0. The largest absolute Gasteiger partial charge is 2.00 e. The topological polar surface area (TPSA) is 124 Å². The van der Waals surface area contributed by atoms with Gasteiger partial charge in [-0.3, -0.25) is 14.4 Å². The van der Waals surface area contributed by atoms with E-state index >= 15 is 0 Å². The van der Waals surface area contributed by atoms with Crippen molar-refractivity contribution in [3.05, 3.63) is 68.8 Å². The van der Waals surface area contributed by atoms with Crippen molar-refractivity contribution < 1.29 is 40.3 Å². The van der Waals surface area contributed by atoms with Gasteiger partial charge in [-0.25, -0.2) is 9.97 Å². The number of allylic oxidation sites excluding steroid dienone is 4. The molecule has 0 aromatic carbocycles. The van der Waals surface area contributed by atoms with E-state index in [0.29, 0.717) is 40.8 Å². The van der Waals surface area contributed by atoms with Crippen molar-refractivity contribution in [2.75, 3.05) is 14.2 Å². The van der Waals surface area contributed by atoms with Gasteiger partial charge in [0.25, 0.3) is 0 Å². The van der Waals surface area contributed by atoms with E-state index in [1.807, 2.05) is 39.0 Å². The van der Waals surface area contributed by atoms with Crippen molar-refractivity contribution in [2.45, 2.75) is 80.1 Å². The van der Waals surface area contributed by atoms with Crippen LogP contribution in [-0.2, 0) is 48.4 Å². The van der Waals surface area contributed by atoms with Crippen LogP contribution in [0.5, 0.6) is 0 Å². The minimum Gasteiger partial charge on any atom is -0.657 e. The van der Waals surface area contributed by atoms with Crippen molar-refractivity contribution >= 4 is 62.6 Å². The predicted molar refractivity (Wildman–Crippen MR) is 180 cm³/mol. The molecule has 3 aromatic rings. The van der Waals surface area contributed by atoms with Crippen LogP contribution >= 0.6 is 0 Å². The Hall–Kier alpha value is -4.30. The van der Waals surface area contributed by atoms with Gasteiger partial charge in [0, 0.05) is 18.4 Å². The van der Waals surface area contributed by atoms with Crippen LogP contribution in [0, 0.1) is 13.8 Å². The summed E-state index contributed by atoms with van der Waals surface area (Å²) in [6.45, 7) is 12.2. The smallest absolute Gasteiger partial charge is 0.657 e. The van der Waals surface area contributed by atoms with Crippen LogP contribution < -0.4 is 9.97 Å². The number of aldehydes is 1. The van der Waals surface area contributed by atoms with E-state index in [-0.39, 0.29) is 41.3 Å². The summed E-state index contributed by atoms with van der Waals surface area (Å²) in [6.07, 6.45) is 3.48. The van der Waals surface area contributed by atoms with E-state index < -0.39 is 0 Å². The fraction of sp³-hybridized carbons (Fsp3) is 0.378. The van der Waals surface area contributed by atoms with E-state index in [9.17, 15) is 14.4 Å². The normalized spacial score (nSPS) is 12.7. The minimum atomic E-state index is -0.339. The average molecular weight is 679 g/mol. The van der Waals surface area contributed by atoms with Gasteiger partial charge >= 0.3 is 28.4 Å². The molecule has 0 atom stereocenters. The zero-order valence-corrected chi connectivity index (χ0v) is 29.2. The molecule has 0 fully saturated rings. The molecule has 0 saturated heterocycles. The number of esters is 2. The molecular weight excluding hydrogens is 639 g/mol. The quantitative estimate of drug-likeness (QED) is 0.135. The van der Waals surface area contributed by atoms with Gasteiger partial charge in [-0.05, 0) is 75.7 Å². The Labute approximate surface area is 285 Å². The molecule has 2 aliphatic rings. The number of carbonyl (C=O) groups is 3. The van der Waals surface area contributed by atoms with Gasteiger partial charge in [-0.2, -0.15) is 0 Å². The van der Waals surface area contributed by atoms with Crippen molar-refractivity contribution in [3.63, 3.8) is 0 Å². The standard InChI is InChI=1S/C37H41N4O5.Ni/c1-9-23-19(3)28-16-31-24(10-2)21(5)36(40-31)27(18-42)37-22(6)26(12-14-35(44)46-8)33(41-37)17-32-25(11-13-34(43)45-7)20(4)29(39-32)15-30(23)38-28;/h15-18H,9-14H2,1-8H3,(H-,38,39,40,41,42);/q-1;+2/p-1. The van der Waals surface area contributed by atoms with Gasteiger partial charge < -0.3 is 19.4 Å². The third-order valence-corrected chi connectivity index (χ3v) is 9.24. The summed E-state index contributed by atoms with van der Waals surface area (Å²) in [4.78, 5) is 57.4. The molecular formula is C37H40N4NiO5. The van der Waals surface area contributed by atoms with Gasteiger partial charge in [0.15, 0.2) is 6.29 Å². The number of hydrogen-bond donors (Lipinski definition) is 0. The second-order valence-corrected chi connectivity index (χ2v) is 11.7. The van der Waals surface area contributed by atoms with E-state index in [1.54, 1.807) is 0 Å². The van der Waals surface area contributed by atoms with Crippen LogP contribution in [0.15, 0.2) is 18.2 Å². The Morgan fingerprint density at radius 3 is 1.94 bits per heavy atom. The molecule has 0 spiro atoms. The third kappa shape index (κ3) is 6.61. The molecule has 3 aromatic heterocycles. The van der Waals surface area contributed by atoms with Crippen LogP contribution in [-0.4, -0.2) is 42.4 Å². The fourth-order valence-electron chi connectivity index (χ4n) is 6.55. The average Bonchev–Trinajstić information content (AvgIpc) is 3.72. The first-order valence-electron chi connectivity index (χ1n) is 15.7. The molecule has 0 unspecified atom stereocenters. The van der Waals surface area contributed by atoms with Crippen molar-refractivity contribution in [1.82, 2.24) is 19.9 Å². The molecule has 248 valence electrons. The zero-order valence-electron chi connectivity index (χ0n) is 28.2. The maximum absolute atomic E-state index is 12.9. The van der Waals surface area contributed by atoms with Crippen LogP contribution in [0.3, 0.4) is 0 Å². The zero-order chi connectivity index (χ0) is 33.3. The first-order chi connectivity index (χ1) is 22.1. The van der Waals surface area contributed by atoms with Gasteiger partial charge in [-0.1, -0.05) is 54.3 Å². The molecule has 2 aliphatic heterocycles. The van der Waals surface area contributed by atoms with Crippen LogP contribution in [0.4, 0.5) is 0 Å². The number of aryl methyl sites for hydroxylation is 4. The fourth-order valence-corrected chi connectivity index (χ4v) is 6.55. The van der Waals surface area contributed by atoms with E-state index in [1.165, 1.54) is 14.2 Å². The van der Waals surface area contributed by atoms with Crippen molar-refractivity contribution in [1.29, 1.82) is 0 Å². The molecule has 5 rings (SSSR count). The second-order valence-electron chi connectivity index (χ2n) is 11.7.